The third-order valence-electron chi connectivity index (χ3n) is 6.03. The first-order valence-electron chi connectivity index (χ1n) is 11.4. The minimum absolute atomic E-state index is 0.372. The largest absolute Gasteiger partial charge is 0.462 e. The van der Waals surface area contributed by atoms with Crippen molar-refractivity contribution in [2.24, 2.45) is 5.10 Å². The van der Waals surface area contributed by atoms with Gasteiger partial charge in [-0.1, -0.05) is 24.3 Å². The summed E-state index contributed by atoms with van der Waals surface area (Å²) in [7, 11) is 0. The first kappa shape index (κ1) is 21.1. The number of aromatic nitrogens is 2. The van der Waals surface area contributed by atoms with E-state index in [0.29, 0.717) is 31.6 Å². The number of morpholine rings is 2. The Balaban J connectivity index is 1.30. The molecule has 0 spiro atoms. The van der Waals surface area contributed by atoms with E-state index in [-0.39, 0.29) is 0 Å². The number of nitrogens with one attached hydrogen (secondary N) is 1. The number of hydrazone groups is 1. The van der Waals surface area contributed by atoms with Crippen molar-refractivity contribution in [3.05, 3.63) is 41.5 Å². The van der Waals surface area contributed by atoms with E-state index >= 15 is 0 Å². The third kappa shape index (κ3) is 5.17. The molecule has 3 aliphatic rings. The first-order chi connectivity index (χ1) is 15.8. The quantitative estimate of drug-likeness (QED) is 0.655. The summed E-state index contributed by atoms with van der Waals surface area (Å²) in [4.78, 5) is 13.8. The first-order valence-corrected chi connectivity index (χ1v) is 11.4. The van der Waals surface area contributed by atoms with E-state index in [4.69, 9.17) is 14.2 Å². The number of ether oxygens (including phenoxy) is 3. The lowest BCUT2D eigenvalue weighted by atomic mass is 10.1. The topological polar surface area (TPSA) is 84.3 Å². The number of aryl methyl sites for hydroxylation is 1. The van der Waals surface area contributed by atoms with E-state index in [1.165, 1.54) is 11.1 Å². The van der Waals surface area contributed by atoms with Gasteiger partial charge in [0.25, 0.3) is 0 Å². The van der Waals surface area contributed by atoms with Crippen molar-refractivity contribution >= 4 is 17.3 Å². The van der Waals surface area contributed by atoms with Crippen molar-refractivity contribution in [1.29, 1.82) is 0 Å². The summed E-state index contributed by atoms with van der Waals surface area (Å²) >= 11 is 0. The summed E-state index contributed by atoms with van der Waals surface area (Å²) in [5, 5.41) is 4.67. The van der Waals surface area contributed by atoms with Gasteiger partial charge in [0.2, 0.25) is 0 Å². The van der Waals surface area contributed by atoms with Crippen LogP contribution in [0, 0.1) is 0 Å². The highest BCUT2D eigenvalue weighted by Gasteiger charge is 2.19. The van der Waals surface area contributed by atoms with Crippen LogP contribution in [0.5, 0.6) is 6.01 Å². The van der Waals surface area contributed by atoms with Crippen LogP contribution < -0.4 is 15.1 Å². The number of hydrogen-bond acceptors (Lipinski definition) is 9. The van der Waals surface area contributed by atoms with Crippen LogP contribution in [0.25, 0.3) is 0 Å². The molecule has 2 aromatic rings. The highest BCUT2D eigenvalue weighted by Crippen LogP contribution is 2.24. The molecule has 0 saturated carbocycles. The maximum absolute atomic E-state index is 5.96. The molecule has 9 nitrogen and oxygen atoms in total. The Bertz CT molecular complexity index is 941. The maximum Gasteiger partial charge on any atom is 0.320 e. The molecular weight excluding hydrogens is 408 g/mol. The number of rotatable bonds is 7. The molecule has 9 heteroatoms. The smallest absolute Gasteiger partial charge is 0.320 e. The van der Waals surface area contributed by atoms with Crippen LogP contribution in [-0.4, -0.2) is 86.3 Å². The Morgan fingerprint density at radius 1 is 0.969 bits per heavy atom. The number of benzene rings is 1. The SMILES string of the molecule is c1ccc2c(c1)CCC2=NNc1cc(N2CCOCC2)nc(OCCN2CCOCC2)n1. The Hall–Kier alpha value is -2.75. The summed E-state index contributed by atoms with van der Waals surface area (Å²) < 4.78 is 16.9. The number of hydrogen-bond donors (Lipinski definition) is 1. The summed E-state index contributed by atoms with van der Waals surface area (Å²) in [6, 6.07) is 10.7. The fraction of sp³-hybridized carbons (Fsp3) is 0.522. The Labute approximate surface area is 188 Å². The highest BCUT2D eigenvalue weighted by molar-refractivity contribution is 6.04. The van der Waals surface area contributed by atoms with Crippen LogP contribution in [0.15, 0.2) is 35.4 Å². The fourth-order valence-corrected chi connectivity index (χ4v) is 4.23. The fourth-order valence-electron chi connectivity index (χ4n) is 4.23. The second-order valence-electron chi connectivity index (χ2n) is 8.12. The van der Waals surface area contributed by atoms with Crippen LogP contribution in [0.3, 0.4) is 0 Å². The Morgan fingerprint density at radius 2 is 1.75 bits per heavy atom. The lowest BCUT2D eigenvalue weighted by molar-refractivity contribution is 0.0317. The van der Waals surface area contributed by atoms with Gasteiger partial charge in [0, 0.05) is 44.4 Å². The molecule has 1 N–H and O–H groups in total. The molecule has 2 fully saturated rings. The van der Waals surface area contributed by atoms with Gasteiger partial charge in [0.05, 0.1) is 32.1 Å². The molecule has 2 saturated heterocycles. The van der Waals surface area contributed by atoms with Gasteiger partial charge >= 0.3 is 6.01 Å². The van der Waals surface area contributed by atoms with Gasteiger partial charge in [-0.05, 0) is 18.4 Å². The van der Waals surface area contributed by atoms with E-state index in [1.54, 1.807) is 0 Å². The van der Waals surface area contributed by atoms with Crippen molar-refractivity contribution in [2.75, 3.05) is 76.1 Å². The maximum atomic E-state index is 5.96. The monoisotopic (exact) mass is 438 g/mol. The lowest BCUT2D eigenvalue weighted by Gasteiger charge is -2.28. The van der Waals surface area contributed by atoms with Gasteiger partial charge in [-0.15, -0.1) is 0 Å². The second kappa shape index (κ2) is 10.2. The predicted octanol–water partition coefficient (Wildman–Crippen LogP) is 1.79. The van der Waals surface area contributed by atoms with Crippen LogP contribution in [0.2, 0.25) is 0 Å². The van der Waals surface area contributed by atoms with Crippen molar-refractivity contribution < 1.29 is 14.2 Å². The van der Waals surface area contributed by atoms with Crippen LogP contribution >= 0.6 is 0 Å². The van der Waals surface area contributed by atoms with Gasteiger partial charge in [0.15, 0.2) is 5.82 Å². The molecule has 0 bridgehead atoms. The zero-order valence-corrected chi connectivity index (χ0v) is 18.3. The standard InChI is InChI=1S/C23H30N6O3/c1-2-4-19-18(3-1)5-6-20(19)26-27-21-17-22(29-10-14-31-15-11-29)25-23(24-21)32-16-9-28-7-12-30-13-8-28/h1-4,17H,5-16H2,(H,24,25,27). The van der Waals surface area contributed by atoms with Crippen molar-refractivity contribution in [3.63, 3.8) is 0 Å². The van der Waals surface area contributed by atoms with Gasteiger partial charge in [-0.3, -0.25) is 10.3 Å². The Kier molecular flexibility index (Phi) is 6.76. The van der Waals surface area contributed by atoms with Crippen molar-refractivity contribution in [1.82, 2.24) is 14.9 Å². The number of fused-ring (bicyclic) bond motifs is 1. The van der Waals surface area contributed by atoms with E-state index in [2.05, 4.69) is 54.6 Å². The molecule has 2 aliphatic heterocycles. The zero-order valence-electron chi connectivity index (χ0n) is 18.3. The lowest BCUT2D eigenvalue weighted by Crippen LogP contribution is -2.39. The third-order valence-corrected chi connectivity index (χ3v) is 6.03. The zero-order chi connectivity index (χ0) is 21.6. The van der Waals surface area contributed by atoms with Crippen LogP contribution in [-0.2, 0) is 15.9 Å². The summed E-state index contributed by atoms with van der Waals surface area (Å²) in [5.41, 5.74) is 6.77. The molecule has 1 aliphatic carbocycles. The molecule has 32 heavy (non-hydrogen) atoms. The molecular formula is C23H30N6O3. The second-order valence-corrected chi connectivity index (χ2v) is 8.12. The van der Waals surface area contributed by atoms with E-state index in [9.17, 15) is 0 Å². The molecule has 1 aromatic heterocycles. The average molecular weight is 439 g/mol. The minimum Gasteiger partial charge on any atom is -0.462 e. The molecule has 0 radical (unpaired) electrons. The number of anilines is 2. The van der Waals surface area contributed by atoms with Gasteiger partial charge in [-0.2, -0.15) is 15.1 Å². The normalized spacial score (nSPS) is 20.4. The van der Waals surface area contributed by atoms with Crippen LogP contribution in [0.4, 0.5) is 11.6 Å². The molecule has 5 rings (SSSR count). The molecule has 170 valence electrons. The van der Waals surface area contributed by atoms with Gasteiger partial charge in [-0.25, -0.2) is 0 Å². The van der Waals surface area contributed by atoms with Gasteiger partial charge < -0.3 is 19.1 Å². The molecule has 0 amide bonds. The number of nitrogens with zero attached hydrogens (tertiary/aromatic N) is 5. The van der Waals surface area contributed by atoms with Crippen molar-refractivity contribution in [3.8, 4) is 6.01 Å². The van der Waals surface area contributed by atoms with E-state index in [0.717, 1.165) is 70.3 Å². The highest BCUT2D eigenvalue weighted by atomic mass is 16.5. The van der Waals surface area contributed by atoms with Crippen molar-refractivity contribution in [2.45, 2.75) is 12.8 Å². The molecule has 3 heterocycles. The molecule has 0 atom stereocenters. The van der Waals surface area contributed by atoms with E-state index < -0.39 is 0 Å². The summed E-state index contributed by atoms with van der Waals surface area (Å²) in [5.74, 6) is 1.47. The summed E-state index contributed by atoms with van der Waals surface area (Å²) in [6.07, 6.45) is 1.95. The van der Waals surface area contributed by atoms with E-state index in [1.807, 2.05) is 6.07 Å². The van der Waals surface area contributed by atoms with Crippen LogP contribution in [0.1, 0.15) is 17.5 Å². The summed E-state index contributed by atoms with van der Waals surface area (Å²) in [6.45, 7) is 7.77. The average Bonchev–Trinajstić information content (AvgIpc) is 3.27. The Morgan fingerprint density at radius 3 is 2.59 bits per heavy atom. The molecule has 1 aromatic carbocycles. The molecule has 0 unspecified atom stereocenters. The minimum atomic E-state index is 0.372. The van der Waals surface area contributed by atoms with Gasteiger partial charge in [0.1, 0.15) is 12.4 Å². The predicted molar refractivity (Wildman–Crippen MR) is 123 cm³/mol.